The van der Waals surface area contributed by atoms with Crippen molar-refractivity contribution in [2.24, 2.45) is 5.73 Å². The van der Waals surface area contributed by atoms with Crippen molar-refractivity contribution in [1.29, 1.82) is 0 Å². The van der Waals surface area contributed by atoms with E-state index in [0.29, 0.717) is 10.8 Å². The number of rotatable bonds is 3. The number of nitrogens with two attached hydrogens (primary N) is 1. The van der Waals surface area contributed by atoms with E-state index in [9.17, 15) is 0 Å². The van der Waals surface area contributed by atoms with E-state index >= 15 is 0 Å². The monoisotopic (exact) mass is 229 g/mol. The van der Waals surface area contributed by atoms with E-state index < -0.39 is 6.04 Å². The normalized spacial score (nSPS) is 12.7. The van der Waals surface area contributed by atoms with Crippen molar-refractivity contribution >= 4 is 11.6 Å². The Morgan fingerprint density at radius 2 is 2.13 bits per heavy atom. The Morgan fingerprint density at radius 3 is 2.60 bits per heavy atom. The van der Waals surface area contributed by atoms with Crippen molar-refractivity contribution in [3.63, 3.8) is 0 Å². The summed E-state index contributed by atoms with van der Waals surface area (Å²) in [6.07, 6.45) is 0. The number of halogens is 1. The topological polar surface area (TPSA) is 55.5 Å². The lowest BCUT2D eigenvalue weighted by atomic mass is 9.99. The zero-order chi connectivity index (χ0) is 11.6. The van der Waals surface area contributed by atoms with Crippen LogP contribution in [0.2, 0.25) is 5.02 Å². The third-order valence-electron chi connectivity index (χ3n) is 2.49. The van der Waals surface area contributed by atoms with Gasteiger partial charge in [0.2, 0.25) is 0 Å². The summed E-state index contributed by atoms with van der Waals surface area (Å²) < 4.78 is 5.22. The predicted octanol–water partition coefficient (Wildman–Crippen LogP) is 1.96. The highest BCUT2D eigenvalue weighted by atomic mass is 35.5. The fourth-order valence-electron chi connectivity index (χ4n) is 1.61. The molecule has 0 saturated carbocycles. The Hall–Kier alpha value is -0.770. The Morgan fingerprint density at radius 1 is 1.53 bits per heavy atom. The summed E-state index contributed by atoms with van der Waals surface area (Å²) >= 11 is 6.09. The van der Waals surface area contributed by atoms with E-state index in [-0.39, 0.29) is 6.61 Å². The van der Waals surface area contributed by atoms with Crippen LogP contribution in [-0.2, 0) is 0 Å². The first-order chi connectivity index (χ1) is 7.02. The van der Waals surface area contributed by atoms with Gasteiger partial charge in [-0.15, -0.1) is 0 Å². The smallest absolute Gasteiger partial charge is 0.140 e. The average molecular weight is 230 g/mol. The zero-order valence-electron chi connectivity index (χ0n) is 9.17. The maximum absolute atomic E-state index is 9.04. The molecule has 3 N–H and O–H groups in total. The molecule has 84 valence electrons. The second-order valence-electron chi connectivity index (χ2n) is 3.54. The van der Waals surface area contributed by atoms with E-state index in [1.807, 2.05) is 19.9 Å². The second kappa shape index (κ2) is 4.84. The molecule has 0 fully saturated rings. The number of ether oxygens (including phenoxy) is 1. The molecule has 1 atom stereocenters. The molecule has 0 aliphatic rings. The quantitative estimate of drug-likeness (QED) is 0.833. The summed E-state index contributed by atoms with van der Waals surface area (Å²) in [4.78, 5) is 0. The van der Waals surface area contributed by atoms with Gasteiger partial charge in [-0.2, -0.15) is 0 Å². The molecule has 1 aromatic rings. The highest BCUT2D eigenvalue weighted by Crippen LogP contribution is 2.35. The molecule has 3 nitrogen and oxygen atoms in total. The van der Waals surface area contributed by atoms with E-state index in [4.69, 9.17) is 27.2 Å². The van der Waals surface area contributed by atoms with Crippen LogP contribution in [0, 0.1) is 13.8 Å². The number of aliphatic hydroxyl groups is 1. The summed E-state index contributed by atoms with van der Waals surface area (Å²) in [6, 6.07) is 1.50. The van der Waals surface area contributed by atoms with Crippen LogP contribution in [0.1, 0.15) is 22.7 Å². The molecule has 0 spiro atoms. The molecule has 0 aromatic heterocycles. The average Bonchev–Trinajstić information content (AvgIpc) is 2.23. The molecule has 1 rings (SSSR count). The maximum Gasteiger partial charge on any atom is 0.140 e. The number of aliphatic hydroxyl groups excluding tert-OH is 1. The molecule has 0 aliphatic carbocycles. The van der Waals surface area contributed by atoms with E-state index in [0.717, 1.165) is 16.7 Å². The second-order valence-corrected chi connectivity index (χ2v) is 3.92. The highest BCUT2D eigenvalue weighted by molar-refractivity contribution is 6.33. The molecular formula is C11H16ClNO2. The van der Waals surface area contributed by atoms with Crippen molar-refractivity contribution in [3.05, 3.63) is 27.8 Å². The van der Waals surface area contributed by atoms with Crippen LogP contribution in [0.3, 0.4) is 0 Å². The number of hydrogen-bond acceptors (Lipinski definition) is 3. The first kappa shape index (κ1) is 12.3. The first-order valence-corrected chi connectivity index (χ1v) is 5.10. The van der Waals surface area contributed by atoms with Gasteiger partial charge < -0.3 is 15.6 Å². The highest BCUT2D eigenvalue weighted by Gasteiger charge is 2.16. The number of aryl methyl sites for hydroxylation is 1. The van der Waals surface area contributed by atoms with Crippen molar-refractivity contribution in [2.45, 2.75) is 19.9 Å². The molecule has 0 bridgehead atoms. The van der Waals surface area contributed by atoms with Gasteiger partial charge >= 0.3 is 0 Å². The van der Waals surface area contributed by atoms with Crippen molar-refractivity contribution < 1.29 is 9.84 Å². The maximum atomic E-state index is 9.04. The third kappa shape index (κ3) is 2.25. The summed E-state index contributed by atoms with van der Waals surface area (Å²) in [5, 5.41) is 9.64. The van der Waals surface area contributed by atoms with Crippen molar-refractivity contribution in [3.8, 4) is 5.75 Å². The fourth-order valence-corrected chi connectivity index (χ4v) is 1.88. The van der Waals surface area contributed by atoms with Crippen LogP contribution in [-0.4, -0.2) is 18.8 Å². The fraction of sp³-hybridized carbons (Fsp3) is 0.455. The summed E-state index contributed by atoms with van der Waals surface area (Å²) in [7, 11) is 1.57. The molecule has 1 aromatic carbocycles. The van der Waals surface area contributed by atoms with Crippen LogP contribution < -0.4 is 10.5 Å². The minimum absolute atomic E-state index is 0.0922. The van der Waals surface area contributed by atoms with Gasteiger partial charge in [-0.3, -0.25) is 0 Å². The molecule has 0 heterocycles. The number of hydrogen-bond donors (Lipinski definition) is 2. The minimum Gasteiger partial charge on any atom is -0.495 e. The third-order valence-corrected chi connectivity index (χ3v) is 2.96. The van der Waals surface area contributed by atoms with Crippen LogP contribution in [0.15, 0.2) is 6.07 Å². The van der Waals surface area contributed by atoms with Crippen LogP contribution >= 0.6 is 11.6 Å². The molecule has 0 aliphatic heterocycles. The largest absolute Gasteiger partial charge is 0.495 e. The van der Waals surface area contributed by atoms with Gasteiger partial charge in [-0.1, -0.05) is 17.7 Å². The lowest BCUT2D eigenvalue weighted by Crippen LogP contribution is -2.16. The Balaban J connectivity index is 3.36. The first-order valence-electron chi connectivity index (χ1n) is 4.73. The van der Waals surface area contributed by atoms with Crippen molar-refractivity contribution in [1.82, 2.24) is 0 Å². The lowest BCUT2D eigenvalue weighted by Gasteiger charge is -2.17. The standard InChI is InChI=1S/C11H16ClNO2/c1-6-4-8(9(13)5-14)7(2)11(15-3)10(6)12/h4,9,14H,5,13H2,1-3H3. The molecule has 4 heteroatoms. The zero-order valence-corrected chi connectivity index (χ0v) is 9.93. The molecule has 0 radical (unpaired) electrons. The predicted molar refractivity (Wildman–Crippen MR) is 61.5 cm³/mol. The number of benzene rings is 1. The summed E-state index contributed by atoms with van der Waals surface area (Å²) in [5.41, 5.74) is 8.45. The minimum atomic E-state index is -0.394. The lowest BCUT2D eigenvalue weighted by molar-refractivity contribution is 0.267. The van der Waals surface area contributed by atoms with Crippen molar-refractivity contribution in [2.75, 3.05) is 13.7 Å². The molecular weight excluding hydrogens is 214 g/mol. The van der Waals surface area contributed by atoms with Crippen LogP contribution in [0.4, 0.5) is 0 Å². The molecule has 0 saturated heterocycles. The van der Waals surface area contributed by atoms with Gasteiger partial charge in [0.1, 0.15) is 5.75 Å². The van der Waals surface area contributed by atoms with Crippen LogP contribution in [0.5, 0.6) is 5.75 Å². The van der Waals surface area contributed by atoms with Gasteiger partial charge in [0.05, 0.1) is 24.8 Å². The van der Waals surface area contributed by atoms with E-state index in [1.54, 1.807) is 7.11 Å². The Bertz CT molecular complexity index is 366. The molecule has 0 amide bonds. The molecule has 1 unspecified atom stereocenters. The van der Waals surface area contributed by atoms with Crippen LogP contribution in [0.25, 0.3) is 0 Å². The van der Waals surface area contributed by atoms with E-state index in [1.165, 1.54) is 0 Å². The van der Waals surface area contributed by atoms with Gasteiger partial charge in [0.25, 0.3) is 0 Å². The summed E-state index contributed by atoms with van der Waals surface area (Å²) in [6.45, 7) is 3.68. The van der Waals surface area contributed by atoms with Gasteiger partial charge in [-0.05, 0) is 30.5 Å². The summed E-state index contributed by atoms with van der Waals surface area (Å²) in [5.74, 6) is 0.635. The molecule has 15 heavy (non-hydrogen) atoms. The Labute approximate surface area is 94.8 Å². The Kier molecular flexibility index (Phi) is 3.97. The SMILES string of the molecule is COc1c(C)c(C(N)CO)cc(C)c1Cl. The van der Waals surface area contributed by atoms with Gasteiger partial charge in [0, 0.05) is 0 Å². The number of methoxy groups -OCH3 is 1. The van der Waals surface area contributed by atoms with E-state index in [2.05, 4.69) is 0 Å². The van der Waals surface area contributed by atoms with Gasteiger partial charge in [-0.25, -0.2) is 0 Å². The van der Waals surface area contributed by atoms with Gasteiger partial charge in [0.15, 0.2) is 0 Å².